The van der Waals surface area contributed by atoms with Gasteiger partial charge < -0.3 is 19.5 Å². The summed E-state index contributed by atoms with van der Waals surface area (Å²) < 4.78 is 6.57. The Morgan fingerprint density at radius 2 is 1.79 bits per heavy atom. The molecule has 2 heterocycles. The van der Waals surface area contributed by atoms with Crippen molar-refractivity contribution in [2.75, 3.05) is 12.1 Å². The molecule has 2 N–H and O–H groups in total. The van der Waals surface area contributed by atoms with Crippen LogP contribution in [0.5, 0.6) is 5.75 Å². The molecule has 1 aliphatic rings. The van der Waals surface area contributed by atoms with Crippen molar-refractivity contribution >= 4 is 46.2 Å². The fourth-order valence-electron chi connectivity index (χ4n) is 3.94. The van der Waals surface area contributed by atoms with Crippen LogP contribution in [-0.2, 0) is 14.3 Å². The van der Waals surface area contributed by atoms with Crippen LogP contribution in [0.15, 0.2) is 53.3 Å². The van der Waals surface area contributed by atoms with Gasteiger partial charge in [-0.05, 0) is 62.7 Å². The van der Waals surface area contributed by atoms with E-state index < -0.39 is 23.9 Å². The van der Waals surface area contributed by atoms with Gasteiger partial charge in [-0.3, -0.25) is 4.79 Å². The van der Waals surface area contributed by atoms with E-state index >= 15 is 0 Å². The molecule has 0 aliphatic carbocycles. The molecule has 1 unspecified atom stereocenters. The van der Waals surface area contributed by atoms with Gasteiger partial charge in [-0.25, -0.2) is 9.59 Å². The third-order valence-electron chi connectivity index (χ3n) is 5.88. The molecule has 0 fully saturated rings. The lowest BCUT2D eigenvalue weighted by Crippen LogP contribution is -2.21. The molecule has 0 radical (unpaired) electrons. The van der Waals surface area contributed by atoms with Gasteiger partial charge in [-0.1, -0.05) is 6.07 Å². The maximum Gasteiger partial charge on any atom is 0.335 e. The Morgan fingerprint density at radius 3 is 2.41 bits per heavy atom. The number of carbonyl (C=O) groups is 3. The van der Waals surface area contributed by atoms with Crippen LogP contribution >= 0.6 is 0 Å². The first-order valence-corrected chi connectivity index (χ1v) is 10.5. The first-order chi connectivity index (χ1) is 16.1. The SMILES string of the molecule is COC(=O)C(C)n1cc(C=C2C(=O)N(c3ccc(C(=O)O)cc3)N=C2C)c2c(O)c(C)ccc21. The van der Waals surface area contributed by atoms with Gasteiger partial charge in [0.1, 0.15) is 11.8 Å². The van der Waals surface area contributed by atoms with Gasteiger partial charge in [0.2, 0.25) is 0 Å². The molecule has 3 aromatic rings. The number of carbonyl (C=O) groups excluding carboxylic acids is 2. The van der Waals surface area contributed by atoms with E-state index in [4.69, 9.17) is 9.84 Å². The summed E-state index contributed by atoms with van der Waals surface area (Å²) in [6.07, 6.45) is 3.33. The summed E-state index contributed by atoms with van der Waals surface area (Å²) >= 11 is 0. The minimum atomic E-state index is -1.06. The van der Waals surface area contributed by atoms with Gasteiger partial charge in [0.25, 0.3) is 5.91 Å². The number of carboxylic acid groups (broad SMARTS) is 1. The van der Waals surface area contributed by atoms with Gasteiger partial charge in [-0.15, -0.1) is 0 Å². The normalized spacial score (nSPS) is 15.6. The molecule has 174 valence electrons. The fourth-order valence-corrected chi connectivity index (χ4v) is 3.94. The predicted molar refractivity (Wildman–Crippen MR) is 127 cm³/mol. The molecule has 0 saturated carbocycles. The number of aromatic hydroxyl groups is 1. The van der Waals surface area contributed by atoms with Crippen molar-refractivity contribution in [3.63, 3.8) is 0 Å². The number of methoxy groups -OCH3 is 1. The highest BCUT2D eigenvalue weighted by atomic mass is 16.5. The first kappa shape index (κ1) is 22.8. The minimum Gasteiger partial charge on any atom is -0.507 e. The lowest BCUT2D eigenvalue weighted by atomic mass is 10.0. The number of carboxylic acids is 1. The van der Waals surface area contributed by atoms with E-state index in [-0.39, 0.29) is 11.3 Å². The zero-order valence-corrected chi connectivity index (χ0v) is 19.1. The number of rotatable bonds is 5. The van der Waals surface area contributed by atoms with Crippen LogP contribution in [0.25, 0.3) is 17.0 Å². The summed E-state index contributed by atoms with van der Waals surface area (Å²) in [5.41, 5.74) is 3.12. The number of hydrogen-bond donors (Lipinski definition) is 2. The highest BCUT2D eigenvalue weighted by molar-refractivity contribution is 6.32. The number of aryl methyl sites for hydroxylation is 1. The lowest BCUT2D eigenvalue weighted by Gasteiger charge is -2.13. The van der Waals surface area contributed by atoms with E-state index in [1.54, 1.807) is 49.7 Å². The third-order valence-corrected chi connectivity index (χ3v) is 5.88. The standard InChI is InChI=1S/C25H23N3O6/c1-13-5-10-20-21(22(13)29)17(12-27(20)15(3)25(33)34-4)11-19-14(2)26-28(23(19)30)18-8-6-16(7-9-18)24(31)32/h5-12,15,29H,1-4H3,(H,31,32). The van der Waals surface area contributed by atoms with Crippen LogP contribution in [0, 0.1) is 6.92 Å². The summed E-state index contributed by atoms with van der Waals surface area (Å²) in [6.45, 7) is 5.15. The van der Waals surface area contributed by atoms with E-state index in [2.05, 4.69) is 5.10 Å². The molecule has 0 bridgehead atoms. The molecule has 4 rings (SSSR count). The Balaban J connectivity index is 1.80. The average Bonchev–Trinajstić information content (AvgIpc) is 3.33. The first-order valence-electron chi connectivity index (χ1n) is 10.5. The number of amides is 1. The topological polar surface area (TPSA) is 121 Å². The maximum atomic E-state index is 13.2. The number of aromatic carboxylic acids is 1. The van der Waals surface area contributed by atoms with Gasteiger partial charge in [0, 0.05) is 17.1 Å². The van der Waals surface area contributed by atoms with Crippen molar-refractivity contribution in [3.8, 4) is 5.75 Å². The predicted octanol–water partition coefficient (Wildman–Crippen LogP) is 3.89. The van der Waals surface area contributed by atoms with Crippen molar-refractivity contribution in [1.29, 1.82) is 0 Å². The highest BCUT2D eigenvalue weighted by Gasteiger charge is 2.30. The summed E-state index contributed by atoms with van der Waals surface area (Å²) in [4.78, 5) is 36.5. The smallest absolute Gasteiger partial charge is 0.335 e. The van der Waals surface area contributed by atoms with Crippen LogP contribution < -0.4 is 5.01 Å². The molecule has 0 spiro atoms. The second-order valence-corrected chi connectivity index (χ2v) is 8.03. The fraction of sp³-hybridized carbons (Fsp3) is 0.200. The minimum absolute atomic E-state index is 0.0568. The number of aromatic nitrogens is 1. The van der Waals surface area contributed by atoms with Crippen molar-refractivity contribution in [1.82, 2.24) is 4.57 Å². The van der Waals surface area contributed by atoms with Crippen LogP contribution in [0.4, 0.5) is 5.69 Å². The van der Waals surface area contributed by atoms with Gasteiger partial charge in [-0.2, -0.15) is 10.1 Å². The van der Waals surface area contributed by atoms with Crippen molar-refractivity contribution in [3.05, 3.63) is 64.9 Å². The van der Waals surface area contributed by atoms with Crippen LogP contribution in [0.1, 0.15) is 41.4 Å². The van der Waals surface area contributed by atoms with Crippen LogP contribution in [0.2, 0.25) is 0 Å². The number of phenolic OH excluding ortho intramolecular Hbond substituents is 1. The number of phenols is 1. The second-order valence-electron chi connectivity index (χ2n) is 8.03. The molecular weight excluding hydrogens is 438 g/mol. The second kappa shape index (κ2) is 8.51. The molecule has 9 nitrogen and oxygen atoms in total. The van der Waals surface area contributed by atoms with Crippen LogP contribution in [-0.4, -0.2) is 45.4 Å². The van der Waals surface area contributed by atoms with Crippen molar-refractivity contribution in [2.45, 2.75) is 26.8 Å². The molecule has 1 atom stereocenters. The van der Waals surface area contributed by atoms with Crippen LogP contribution in [0.3, 0.4) is 0 Å². The Kier molecular flexibility index (Phi) is 5.70. The monoisotopic (exact) mass is 461 g/mol. The van der Waals surface area contributed by atoms with Crippen molar-refractivity contribution in [2.24, 2.45) is 5.10 Å². The maximum absolute atomic E-state index is 13.2. The lowest BCUT2D eigenvalue weighted by molar-refractivity contribution is -0.143. The number of nitrogens with zero attached hydrogens (tertiary/aromatic N) is 3. The zero-order valence-electron chi connectivity index (χ0n) is 19.1. The number of hydrazone groups is 1. The number of esters is 1. The van der Waals surface area contributed by atoms with Gasteiger partial charge in [0.15, 0.2) is 0 Å². The largest absolute Gasteiger partial charge is 0.507 e. The molecule has 0 saturated heterocycles. The third kappa shape index (κ3) is 3.71. The van der Waals surface area contributed by atoms with Gasteiger partial charge in [0.05, 0.1) is 35.2 Å². The summed E-state index contributed by atoms with van der Waals surface area (Å²) in [5.74, 6) is -1.84. The molecule has 2 aromatic carbocycles. The summed E-state index contributed by atoms with van der Waals surface area (Å²) in [5, 5.41) is 25.9. The molecule has 1 aromatic heterocycles. The molecular formula is C25H23N3O6. The Labute approximate surface area is 195 Å². The zero-order chi connectivity index (χ0) is 24.7. The van der Waals surface area contributed by atoms with Gasteiger partial charge >= 0.3 is 11.9 Å². The summed E-state index contributed by atoms with van der Waals surface area (Å²) in [7, 11) is 1.31. The average molecular weight is 461 g/mol. The van der Waals surface area contributed by atoms with E-state index in [0.717, 1.165) is 0 Å². The summed E-state index contributed by atoms with van der Waals surface area (Å²) in [6, 6.07) is 8.74. The van der Waals surface area contributed by atoms with Crippen molar-refractivity contribution < 1.29 is 29.3 Å². The number of anilines is 1. The number of fused-ring (bicyclic) bond motifs is 1. The highest BCUT2D eigenvalue weighted by Crippen LogP contribution is 2.36. The Hall–Kier alpha value is -4.40. The quantitative estimate of drug-likeness (QED) is 0.439. The molecule has 9 heteroatoms. The molecule has 34 heavy (non-hydrogen) atoms. The molecule has 1 amide bonds. The molecule has 1 aliphatic heterocycles. The number of benzene rings is 2. The Morgan fingerprint density at radius 1 is 1.12 bits per heavy atom. The Bertz CT molecular complexity index is 1400. The van der Waals surface area contributed by atoms with E-state index in [9.17, 15) is 19.5 Å². The number of hydrogen-bond acceptors (Lipinski definition) is 6. The number of ether oxygens (including phenoxy) is 1. The van der Waals surface area contributed by atoms with E-state index in [1.165, 1.54) is 36.4 Å². The van der Waals surface area contributed by atoms with E-state index in [0.29, 0.717) is 39.0 Å². The van der Waals surface area contributed by atoms with E-state index in [1.807, 2.05) is 0 Å².